The Morgan fingerprint density at radius 1 is 1.36 bits per heavy atom. The van der Waals surface area contributed by atoms with Crippen LogP contribution in [0.1, 0.15) is 26.2 Å². The predicted octanol–water partition coefficient (Wildman–Crippen LogP) is 1.12. The van der Waals surface area contributed by atoms with Crippen LogP contribution in [0.5, 0.6) is 0 Å². The van der Waals surface area contributed by atoms with Gasteiger partial charge in [0.2, 0.25) is 0 Å². The van der Waals surface area contributed by atoms with Crippen LogP contribution in [0.2, 0.25) is 0 Å². The molecular weight excluding hydrogens is 144 g/mol. The molecule has 0 unspecified atom stereocenters. The fourth-order valence-electron chi connectivity index (χ4n) is 1.51. The van der Waals surface area contributed by atoms with Gasteiger partial charge in [0.05, 0.1) is 6.10 Å². The van der Waals surface area contributed by atoms with Gasteiger partial charge in [-0.05, 0) is 19.3 Å². The van der Waals surface area contributed by atoms with Gasteiger partial charge in [-0.1, -0.05) is 0 Å². The lowest BCUT2D eigenvalue weighted by molar-refractivity contribution is -0.151. The second kappa shape index (κ2) is 3.72. The first-order valence-corrected chi connectivity index (χ1v) is 3.94. The van der Waals surface area contributed by atoms with E-state index in [1.165, 1.54) is 6.92 Å². The molecule has 0 amide bonds. The van der Waals surface area contributed by atoms with Gasteiger partial charge in [-0.3, -0.25) is 4.79 Å². The third-order valence-corrected chi connectivity index (χ3v) is 2.01. The second-order valence-corrected chi connectivity index (χ2v) is 2.85. The molecule has 1 saturated carbocycles. The van der Waals surface area contributed by atoms with E-state index in [2.05, 4.69) is 0 Å². The van der Waals surface area contributed by atoms with E-state index in [1.807, 2.05) is 0 Å². The Morgan fingerprint density at radius 3 is 2.55 bits per heavy atom. The van der Waals surface area contributed by atoms with Crippen LogP contribution in [-0.2, 0) is 14.3 Å². The van der Waals surface area contributed by atoms with Crippen molar-refractivity contribution in [1.29, 1.82) is 0 Å². The maximum absolute atomic E-state index is 10.6. The van der Waals surface area contributed by atoms with E-state index in [0.717, 1.165) is 19.3 Å². The van der Waals surface area contributed by atoms with Crippen LogP contribution in [0, 0.1) is 0 Å². The molecule has 0 bridgehead atoms. The number of hydrogen-bond acceptors (Lipinski definition) is 3. The first-order chi connectivity index (χ1) is 5.24. The van der Waals surface area contributed by atoms with Crippen LogP contribution >= 0.6 is 0 Å². The lowest BCUT2D eigenvalue weighted by Gasteiger charge is -2.17. The molecule has 0 saturated heterocycles. The fourth-order valence-corrected chi connectivity index (χ4v) is 1.51. The topological polar surface area (TPSA) is 35.5 Å². The Kier molecular flexibility index (Phi) is 2.88. The van der Waals surface area contributed by atoms with Gasteiger partial charge in [0.25, 0.3) is 0 Å². The zero-order chi connectivity index (χ0) is 8.27. The van der Waals surface area contributed by atoms with Crippen LogP contribution < -0.4 is 0 Å². The van der Waals surface area contributed by atoms with Gasteiger partial charge in [-0.15, -0.1) is 0 Å². The van der Waals surface area contributed by atoms with Gasteiger partial charge in [0, 0.05) is 14.0 Å². The molecule has 3 heteroatoms. The normalized spacial score (nSPS) is 30.4. The van der Waals surface area contributed by atoms with Crippen molar-refractivity contribution in [3.8, 4) is 0 Å². The van der Waals surface area contributed by atoms with Crippen molar-refractivity contribution in [2.24, 2.45) is 0 Å². The number of hydrogen-bond donors (Lipinski definition) is 0. The molecule has 0 aromatic carbocycles. The summed E-state index contributed by atoms with van der Waals surface area (Å²) in [6.07, 6.45) is 3.17. The summed E-state index contributed by atoms with van der Waals surface area (Å²) in [6, 6.07) is 0. The molecule has 11 heavy (non-hydrogen) atoms. The van der Waals surface area contributed by atoms with Crippen LogP contribution in [0.25, 0.3) is 0 Å². The third kappa shape index (κ3) is 2.19. The first-order valence-electron chi connectivity index (χ1n) is 3.94. The summed E-state index contributed by atoms with van der Waals surface area (Å²) in [5.41, 5.74) is 0. The number of methoxy groups -OCH3 is 1. The molecular formula is C8H14O3. The highest BCUT2D eigenvalue weighted by Crippen LogP contribution is 2.24. The molecule has 1 aliphatic rings. The summed E-state index contributed by atoms with van der Waals surface area (Å²) in [5, 5.41) is 0. The van der Waals surface area contributed by atoms with Crippen molar-refractivity contribution in [1.82, 2.24) is 0 Å². The molecule has 1 aliphatic carbocycles. The van der Waals surface area contributed by atoms with E-state index in [4.69, 9.17) is 9.47 Å². The SMILES string of the molecule is CO[C@H]1CCC[C@@H]1OC(C)=O. The van der Waals surface area contributed by atoms with Crippen LogP contribution in [0.15, 0.2) is 0 Å². The quantitative estimate of drug-likeness (QED) is 0.565. The Bertz CT molecular complexity index is 144. The molecule has 0 heterocycles. The highest BCUT2D eigenvalue weighted by atomic mass is 16.6. The largest absolute Gasteiger partial charge is 0.460 e. The maximum atomic E-state index is 10.6. The zero-order valence-corrected chi connectivity index (χ0v) is 7.00. The van der Waals surface area contributed by atoms with Crippen LogP contribution in [-0.4, -0.2) is 25.3 Å². The molecule has 64 valence electrons. The van der Waals surface area contributed by atoms with Crippen molar-refractivity contribution in [3.05, 3.63) is 0 Å². The second-order valence-electron chi connectivity index (χ2n) is 2.85. The minimum atomic E-state index is -0.209. The summed E-state index contributed by atoms with van der Waals surface area (Å²) in [4.78, 5) is 10.6. The molecule has 0 aromatic heterocycles. The van der Waals surface area contributed by atoms with Crippen molar-refractivity contribution in [3.63, 3.8) is 0 Å². The minimum absolute atomic E-state index is 0.00231. The molecule has 0 aromatic rings. The molecule has 1 rings (SSSR count). The molecule has 1 fully saturated rings. The number of carbonyl (C=O) groups is 1. The van der Waals surface area contributed by atoms with Gasteiger partial charge in [0.1, 0.15) is 6.10 Å². The van der Waals surface area contributed by atoms with E-state index in [9.17, 15) is 4.79 Å². The summed E-state index contributed by atoms with van der Waals surface area (Å²) >= 11 is 0. The lowest BCUT2D eigenvalue weighted by atomic mass is 10.2. The average Bonchev–Trinajstić information content (AvgIpc) is 2.34. The number of ether oxygens (including phenoxy) is 2. The number of esters is 1. The summed E-state index contributed by atoms with van der Waals surface area (Å²) < 4.78 is 10.2. The molecule has 0 aliphatic heterocycles. The van der Waals surface area contributed by atoms with Crippen LogP contribution in [0.4, 0.5) is 0 Å². The Hall–Kier alpha value is -0.570. The molecule has 0 N–H and O–H groups in total. The van der Waals surface area contributed by atoms with E-state index in [-0.39, 0.29) is 18.2 Å². The van der Waals surface area contributed by atoms with E-state index >= 15 is 0 Å². The van der Waals surface area contributed by atoms with Gasteiger partial charge >= 0.3 is 5.97 Å². The lowest BCUT2D eigenvalue weighted by Crippen LogP contribution is -2.26. The predicted molar refractivity (Wildman–Crippen MR) is 40.2 cm³/mol. The van der Waals surface area contributed by atoms with E-state index < -0.39 is 0 Å². The minimum Gasteiger partial charge on any atom is -0.460 e. The summed E-state index contributed by atoms with van der Waals surface area (Å²) in [5.74, 6) is -0.209. The zero-order valence-electron chi connectivity index (χ0n) is 7.00. The highest BCUT2D eigenvalue weighted by Gasteiger charge is 2.29. The van der Waals surface area contributed by atoms with Crippen molar-refractivity contribution >= 4 is 5.97 Å². The highest BCUT2D eigenvalue weighted by molar-refractivity contribution is 5.66. The molecule has 0 radical (unpaired) electrons. The summed E-state index contributed by atoms with van der Waals surface area (Å²) in [6.45, 7) is 1.44. The van der Waals surface area contributed by atoms with E-state index in [0.29, 0.717) is 0 Å². The van der Waals surface area contributed by atoms with Gasteiger partial charge < -0.3 is 9.47 Å². The molecule has 0 spiro atoms. The van der Waals surface area contributed by atoms with Crippen molar-refractivity contribution < 1.29 is 14.3 Å². The number of carbonyl (C=O) groups excluding carboxylic acids is 1. The van der Waals surface area contributed by atoms with Crippen molar-refractivity contribution in [2.75, 3.05) is 7.11 Å². The number of rotatable bonds is 2. The standard InChI is InChI=1S/C8H14O3/c1-6(9)11-8-5-3-4-7(8)10-2/h7-8H,3-5H2,1-2H3/t7-,8-/m0/s1. The maximum Gasteiger partial charge on any atom is 0.302 e. The third-order valence-electron chi connectivity index (χ3n) is 2.01. The Labute approximate surface area is 66.7 Å². The summed E-state index contributed by atoms with van der Waals surface area (Å²) in [7, 11) is 1.66. The van der Waals surface area contributed by atoms with Gasteiger partial charge in [-0.25, -0.2) is 0 Å². The molecule has 3 nitrogen and oxygen atoms in total. The van der Waals surface area contributed by atoms with Crippen LogP contribution in [0.3, 0.4) is 0 Å². The Balaban J connectivity index is 2.37. The first kappa shape index (κ1) is 8.53. The van der Waals surface area contributed by atoms with Gasteiger partial charge in [-0.2, -0.15) is 0 Å². The smallest absolute Gasteiger partial charge is 0.302 e. The molecule has 2 atom stereocenters. The monoisotopic (exact) mass is 158 g/mol. The Morgan fingerprint density at radius 2 is 2.00 bits per heavy atom. The average molecular weight is 158 g/mol. The fraction of sp³-hybridized carbons (Fsp3) is 0.875. The van der Waals surface area contributed by atoms with E-state index in [1.54, 1.807) is 7.11 Å². The van der Waals surface area contributed by atoms with Crippen molar-refractivity contribution in [2.45, 2.75) is 38.4 Å². The van der Waals surface area contributed by atoms with Gasteiger partial charge in [0.15, 0.2) is 0 Å².